The van der Waals surface area contributed by atoms with Gasteiger partial charge in [0.15, 0.2) is 0 Å². The number of methoxy groups -OCH3 is 1. The molecule has 1 amide bonds. The summed E-state index contributed by atoms with van der Waals surface area (Å²) in [5.74, 6) is -1.18. The third kappa shape index (κ3) is 3.34. The van der Waals surface area contributed by atoms with Crippen molar-refractivity contribution < 1.29 is 27.8 Å². The van der Waals surface area contributed by atoms with Crippen LogP contribution in [0.4, 0.5) is 19.0 Å². The number of amides is 1. The first-order chi connectivity index (χ1) is 12.3. The Labute approximate surface area is 144 Å². The van der Waals surface area contributed by atoms with E-state index in [1.807, 2.05) is 0 Å². The van der Waals surface area contributed by atoms with Gasteiger partial charge < -0.3 is 15.2 Å². The van der Waals surface area contributed by atoms with Crippen LogP contribution < -0.4 is 10.1 Å². The molecule has 0 aliphatic heterocycles. The van der Waals surface area contributed by atoms with E-state index in [2.05, 4.69) is 20.5 Å². The fraction of sp³-hybridized carbons (Fsp3) is 0.125. The van der Waals surface area contributed by atoms with E-state index in [1.165, 1.54) is 25.3 Å². The molecule has 0 spiro atoms. The molecule has 2 aromatic heterocycles. The third-order valence-electron chi connectivity index (χ3n) is 3.51. The third-order valence-corrected chi connectivity index (χ3v) is 3.51. The largest absolute Gasteiger partial charge is 0.492 e. The zero-order valence-corrected chi connectivity index (χ0v) is 13.2. The number of nitrogens with one attached hydrogen (secondary N) is 1. The highest BCUT2D eigenvalue weighted by atomic mass is 19.4. The van der Waals surface area contributed by atoms with E-state index in [-0.39, 0.29) is 23.1 Å². The van der Waals surface area contributed by atoms with Gasteiger partial charge in [-0.2, -0.15) is 13.2 Å². The molecule has 7 nitrogen and oxygen atoms in total. The lowest BCUT2D eigenvalue weighted by Crippen LogP contribution is -2.14. The minimum atomic E-state index is -4.55. The molecule has 0 radical (unpaired) electrons. The second kappa shape index (κ2) is 6.47. The van der Waals surface area contributed by atoms with Crippen molar-refractivity contribution in [2.75, 3.05) is 12.4 Å². The van der Waals surface area contributed by atoms with Crippen LogP contribution in [0, 0.1) is 0 Å². The van der Waals surface area contributed by atoms with Gasteiger partial charge in [0.1, 0.15) is 5.82 Å². The Bertz CT molecular complexity index is 992. The average Bonchev–Trinajstić information content (AvgIpc) is 2.61. The Morgan fingerprint density at radius 1 is 1.15 bits per heavy atom. The molecule has 134 valence electrons. The maximum atomic E-state index is 12.7. The van der Waals surface area contributed by atoms with E-state index in [9.17, 15) is 23.1 Å². The Morgan fingerprint density at radius 2 is 1.92 bits per heavy atom. The number of carbonyl (C=O) groups is 1. The molecule has 10 heteroatoms. The van der Waals surface area contributed by atoms with Crippen LogP contribution in [0.5, 0.6) is 11.8 Å². The highest BCUT2D eigenvalue weighted by molar-refractivity contribution is 6.07. The number of benzene rings is 1. The molecule has 0 aliphatic rings. The predicted molar refractivity (Wildman–Crippen MR) is 84.9 cm³/mol. The standard InChI is InChI=1S/C16H11F3N4O3/c1-26-15-11-6-8(2-3-10(11)14(25)22-23-15)13(24)21-12-7-9(4-5-20-12)16(17,18)19/h2-7H,1H3,(H,22,25)(H,20,21,24). The van der Waals surface area contributed by atoms with E-state index >= 15 is 0 Å². The molecule has 3 rings (SSSR count). The molecule has 2 N–H and O–H groups in total. The number of nitrogens with zero attached hydrogens (tertiary/aromatic N) is 3. The van der Waals surface area contributed by atoms with Crippen molar-refractivity contribution in [3.63, 3.8) is 0 Å². The first-order valence-corrected chi connectivity index (χ1v) is 7.17. The smallest absolute Gasteiger partial charge is 0.416 e. The summed E-state index contributed by atoms with van der Waals surface area (Å²) in [6, 6.07) is 5.72. The van der Waals surface area contributed by atoms with Crippen molar-refractivity contribution in [2.45, 2.75) is 6.18 Å². The van der Waals surface area contributed by atoms with Crippen molar-refractivity contribution in [2.24, 2.45) is 0 Å². The second-order valence-corrected chi connectivity index (χ2v) is 5.17. The normalized spacial score (nSPS) is 11.4. The van der Waals surface area contributed by atoms with Crippen molar-refractivity contribution >= 4 is 22.5 Å². The Hall–Kier alpha value is -3.43. The summed E-state index contributed by atoms with van der Waals surface area (Å²) >= 11 is 0. The molecule has 26 heavy (non-hydrogen) atoms. The number of halogens is 3. The van der Waals surface area contributed by atoms with Crippen molar-refractivity contribution in [3.05, 3.63) is 47.7 Å². The van der Waals surface area contributed by atoms with Crippen LogP contribution in [0.1, 0.15) is 15.9 Å². The monoisotopic (exact) mass is 364 g/mol. The topological polar surface area (TPSA) is 97.2 Å². The van der Waals surface area contributed by atoms with Gasteiger partial charge in [0, 0.05) is 11.8 Å². The van der Waals surface area contributed by atoms with Crippen LogP contribution in [0.25, 0.3) is 10.8 Å². The number of carbonyl (C=O) groups excluding carboxylic acids is 1. The van der Waals surface area contributed by atoms with E-state index in [0.29, 0.717) is 10.8 Å². The Kier molecular flexibility index (Phi) is 4.33. The van der Waals surface area contributed by atoms with Gasteiger partial charge in [-0.25, -0.2) is 4.98 Å². The fourth-order valence-corrected chi connectivity index (χ4v) is 2.27. The number of aromatic hydroxyl groups is 1. The van der Waals surface area contributed by atoms with Crippen LogP contribution >= 0.6 is 0 Å². The molecule has 0 saturated heterocycles. The molecule has 0 fully saturated rings. The number of aromatic nitrogens is 3. The Balaban J connectivity index is 1.93. The molecule has 0 aliphatic carbocycles. The van der Waals surface area contributed by atoms with Crippen LogP contribution in [0.3, 0.4) is 0 Å². The number of alkyl halides is 3. The molecule has 0 bridgehead atoms. The number of rotatable bonds is 3. The predicted octanol–water partition coefficient (Wildman–Crippen LogP) is 3.01. The summed E-state index contributed by atoms with van der Waals surface area (Å²) in [5.41, 5.74) is -0.814. The average molecular weight is 364 g/mol. The van der Waals surface area contributed by atoms with Gasteiger partial charge >= 0.3 is 6.18 Å². The van der Waals surface area contributed by atoms with Gasteiger partial charge in [-0.15, -0.1) is 10.2 Å². The lowest BCUT2D eigenvalue weighted by molar-refractivity contribution is -0.137. The molecular weight excluding hydrogens is 353 g/mol. The lowest BCUT2D eigenvalue weighted by atomic mass is 10.1. The van der Waals surface area contributed by atoms with E-state index in [4.69, 9.17) is 4.74 Å². The van der Waals surface area contributed by atoms with Gasteiger partial charge in [0.2, 0.25) is 11.8 Å². The summed E-state index contributed by atoms with van der Waals surface area (Å²) in [6.45, 7) is 0. The molecule has 0 unspecified atom stereocenters. The first kappa shape index (κ1) is 17.4. The highest BCUT2D eigenvalue weighted by Crippen LogP contribution is 2.31. The number of ether oxygens (including phenoxy) is 1. The van der Waals surface area contributed by atoms with E-state index in [0.717, 1.165) is 18.3 Å². The summed E-state index contributed by atoms with van der Waals surface area (Å²) in [5, 5.41) is 19.8. The summed E-state index contributed by atoms with van der Waals surface area (Å²) in [7, 11) is 1.35. The second-order valence-electron chi connectivity index (χ2n) is 5.17. The maximum absolute atomic E-state index is 12.7. The maximum Gasteiger partial charge on any atom is 0.416 e. The van der Waals surface area contributed by atoms with Gasteiger partial charge in [-0.3, -0.25) is 4.79 Å². The summed E-state index contributed by atoms with van der Waals surface area (Å²) in [6.07, 6.45) is -3.59. The van der Waals surface area contributed by atoms with Crippen LogP contribution in [-0.4, -0.2) is 33.3 Å². The zero-order chi connectivity index (χ0) is 18.9. The molecule has 0 saturated carbocycles. The van der Waals surface area contributed by atoms with Gasteiger partial charge in [-0.05, 0) is 30.3 Å². The first-order valence-electron chi connectivity index (χ1n) is 7.17. The zero-order valence-electron chi connectivity index (χ0n) is 13.2. The SMILES string of the molecule is COc1nnc(O)c2ccc(C(=O)Nc3cc(C(F)(F)F)ccn3)cc12. The van der Waals surface area contributed by atoms with Crippen molar-refractivity contribution in [1.29, 1.82) is 0 Å². The van der Waals surface area contributed by atoms with Crippen LogP contribution in [0.2, 0.25) is 0 Å². The summed E-state index contributed by atoms with van der Waals surface area (Å²) < 4.78 is 43.2. The number of hydrogen-bond acceptors (Lipinski definition) is 6. The van der Waals surface area contributed by atoms with Crippen molar-refractivity contribution in [1.82, 2.24) is 15.2 Å². The van der Waals surface area contributed by atoms with E-state index < -0.39 is 17.6 Å². The molecular formula is C16H11F3N4O3. The number of anilines is 1. The number of hydrogen-bond donors (Lipinski definition) is 2. The lowest BCUT2D eigenvalue weighted by Gasteiger charge is -2.10. The molecule has 3 aromatic rings. The molecule has 2 heterocycles. The van der Waals surface area contributed by atoms with Gasteiger partial charge in [0.25, 0.3) is 5.91 Å². The van der Waals surface area contributed by atoms with E-state index in [1.54, 1.807) is 0 Å². The van der Waals surface area contributed by atoms with Crippen molar-refractivity contribution in [3.8, 4) is 11.8 Å². The minimum absolute atomic E-state index is 0.0876. The number of fused-ring (bicyclic) bond motifs is 1. The number of pyridine rings is 1. The van der Waals surface area contributed by atoms with Crippen LogP contribution in [0.15, 0.2) is 36.5 Å². The minimum Gasteiger partial charge on any atom is -0.492 e. The van der Waals surface area contributed by atoms with Crippen LogP contribution in [-0.2, 0) is 6.18 Å². The quantitative estimate of drug-likeness (QED) is 0.742. The molecule has 1 aromatic carbocycles. The molecule has 0 atom stereocenters. The Morgan fingerprint density at radius 3 is 2.62 bits per heavy atom. The highest BCUT2D eigenvalue weighted by Gasteiger charge is 2.30. The fourth-order valence-electron chi connectivity index (χ4n) is 2.27. The van der Waals surface area contributed by atoms with Gasteiger partial charge in [-0.1, -0.05) is 0 Å². The van der Waals surface area contributed by atoms with Gasteiger partial charge in [0.05, 0.1) is 23.4 Å². The summed E-state index contributed by atoms with van der Waals surface area (Å²) in [4.78, 5) is 16.0.